The largest absolute Gasteiger partial charge is 0.336 e. The second-order valence-electron chi connectivity index (χ2n) is 6.59. The first kappa shape index (κ1) is 16.1. The van der Waals surface area contributed by atoms with E-state index >= 15 is 0 Å². The lowest BCUT2D eigenvalue weighted by atomic mass is 9.85. The molecule has 0 saturated heterocycles. The zero-order valence-electron chi connectivity index (χ0n) is 13.2. The first-order valence-electron chi connectivity index (χ1n) is 7.34. The minimum Gasteiger partial charge on any atom is -0.336 e. The van der Waals surface area contributed by atoms with Crippen molar-refractivity contribution in [1.29, 1.82) is 0 Å². The number of imidazole rings is 1. The van der Waals surface area contributed by atoms with Crippen LogP contribution in [0.3, 0.4) is 0 Å². The highest BCUT2D eigenvalue weighted by Crippen LogP contribution is 2.27. The molecule has 0 bridgehead atoms. The molecule has 2 unspecified atom stereocenters. The first-order chi connectivity index (χ1) is 9.88. The molecule has 2 atom stereocenters. The first-order valence-corrected chi connectivity index (χ1v) is 7.72. The highest BCUT2D eigenvalue weighted by molar-refractivity contribution is 6.31. The molecule has 1 aromatic carbocycles. The minimum atomic E-state index is 0.139. The molecule has 2 aromatic rings. The number of hydrogen-bond donors (Lipinski definition) is 1. The van der Waals surface area contributed by atoms with Gasteiger partial charge < -0.3 is 9.88 Å². The Morgan fingerprint density at radius 3 is 2.57 bits per heavy atom. The van der Waals surface area contributed by atoms with E-state index in [0.717, 1.165) is 17.1 Å². The third-order valence-corrected chi connectivity index (χ3v) is 4.17. The zero-order chi connectivity index (χ0) is 15.5. The van der Waals surface area contributed by atoms with E-state index in [1.54, 1.807) is 0 Å². The van der Waals surface area contributed by atoms with Crippen LogP contribution >= 0.6 is 11.6 Å². The lowest BCUT2D eigenvalue weighted by Crippen LogP contribution is -2.44. The van der Waals surface area contributed by atoms with Gasteiger partial charge in [0, 0.05) is 36.0 Å². The summed E-state index contributed by atoms with van der Waals surface area (Å²) in [7, 11) is 0. The second kappa shape index (κ2) is 6.63. The number of nitrogens with one attached hydrogen (secondary N) is 1. The van der Waals surface area contributed by atoms with Gasteiger partial charge in [-0.25, -0.2) is 4.98 Å². The molecule has 0 aliphatic rings. The fourth-order valence-corrected chi connectivity index (χ4v) is 2.70. The second-order valence-corrected chi connectivity index (χ2v) is 7.00. The average molecular weight is 306 g/mol. The predicted octanol–water partition coefficient (Wildman–Crippen LogP) is 4.30. The van der Waals surface area contributed by atoms with Gasteiger partial charge in [0.2, 0.25) is 0 Å². The Kier molecular flexibility index (Phi) is 5.07. The van der Waals surface area contributed by atoms with Gasteiger partial charge in [0.15, 0.2) is 0 Å². The Bertz CT molecular complexity index is 558. The Hall–Kier alpha value is -1.32. The maximum Gasteiger partial charge on any atom is 0.0946 e. The quantitative estimate of drug-likeness (QED) is 0.892. The predicted molar refractivity (Wildman–Crippen MR) is 88.5 cm³/mol. The number of halogens is 1. The van der Waals surface area contributed by atoms with Crippen molar-refractivity contribution in [1.82, 2.24) is 14.9 Å². The topological polar surface area (TPSA) is 29.9 Å². The van der Waals surface area contributed by atoms with Gasteiger partial charge in [-0.15, -0.1) is 0 Å². The van der Waals surface area contributed by atoms with E-state index in [1.807, 2.05) is 36.9 Å². The fourth-order valence-electron chi connectivity index (χ4n) is 2.40. The van der Waals surface area contributed by atoms with Crippen LogP contribution in [0.25, 0.3) is 0 Å². The van der Waals surface area contributed by atoms with Crippen LogP contribution in [-0.4, -0.2) is 15.6 Å². The lowest BCUT2D eigenvalue weighted by Gasteiger charge is -2.34. The molecule has 2 rings (SSSR count). The molecule has 0 aliphatic carbocycles. The SMILES string of the molecule is CC(NC(Cn1ccnc1)C(C)(C)C)c1ccccc1Cl. The maximum absolute atomic E-state index is 6.30. The van der Waals surface area contributed by atoms with Crippen molar-refractivity contribution in [2.75, 3.05) is 0 Å². The van der Waals surface area contributed by atoms with E-state index in [2.05, 4.69) is 48.6 Å². The van der Waals surface area contributed by atoms with Crippen molar-refractivity contribution in [2.24, 2.45) is 5.41 Å². The van der Waals surface area contributed by atoms with Crippen molar-refractivity contribution >= 4 is 11.6 Å². The van der Waals surface area contributed by atoms with Crippen LogP contribution in [-0.2, 0) is 6.54 Å². The normalized spacial score (nSPS) is 14.9. The molecule has 114 valence electrons. The summed E-state index contributed by atoms with van der Waals surface area (Å²) in [5, 5.41) is 4.53. The number of hydrogen-bond acceptors (Lipinski definition) is 2. The zero-order valence-corrected chi connectivity index (χ0v) is 13.9. The van der Waals surface area contributed by atoms with Gasteiger partial charge in [-0.05, 0) is 24.0 Å². The third-order valence-electron chi connectivity index (χ3n) is 3.82. The summed E-state index contributed by atoms with van der Waals surface area (Å²) in [6, 6.07) is 8.53. The number of aromatic nitrogens is 2. The monoisotopic (exact) mass is 305 g/mol. The molecule has 0 aliphatic heterocycles. The smallest absolute Gasteiger partial charge is 0.0946 e. The van der Waals surface area contributed by atoms with Gasteiger partial charge in [0.25, 0.3) is 0 Å². The van der Waals surface area contributed by atoms with Crippen molar-refractivity contribution < 1.29 is 0 Å². The van der Waals surface area contributed by atoms with Gasteiger partial charge >= 0.3 is 0 Å². The molecule has 0 radical (unpaired) electrons. The number of rotatable bonds is 5. The third kappa shape index (κ3) is 4.32. The molecule has 1 N–H and O–H groups in total. The molecule has 0 amide bonds. The molecule has 21 heavy (non-hydrogen) atoms. The maximum atomic E-state index is 6.30. The van der Waals surface area contributed by atoms with E-state index in [9.17, 15) is 0 Å². The molecule has 1 heterocycles. The average Bonchev–Trinajstić information content (AvgIpc) is 2.90. The summed E-state index contributed by atoms with van der Waals surface area (Å²) in [6.45, 7) is 9.80. The van der Waals surface area contributed by atoms with Crippen molar-refractivity contribution in [2.45, 2.75) is 46.3 Å². The summed E-state index contributed by atoms with van der Waals surface area (Å²) >= 11 is 6.30. The van der Waals surface area contributed by atoms with Gasteiger partial charge in [0.1, 0.15) is 0 Å². The van der Waals surface area contributed by atoms with Crippen LogP contribution in [0.2, 0.25) is 5.02 Å². The van der Waals surface area contributed by atoms with Crippen molar-refractivity contribution in [3.63, 3.8) is 0 Å². The summed E-state index contributed by atoms with van der Waals surface area (Å²) in [6.07, 6.45) is 5.68. The Balaban J connectivity index is 2.13. The number of benzene rings is 1. The van der Waals surface area contributed by atoms with E-state index in [-0.39, 0.29) is 11.5 Å². The van der Waals surface area contributed by atoms with Crippen LogP contribution in [0.15, 0.2) is 43.0 Å². The summed E-state index contributed by atoms with van der Waals surface area (Å²) < 4.78 is 2.11. The molecular formula is C17H24ClN3. The molecule has 4 heteroatoms. The van der Waals surface area contributed by atoms with Gasteiger partial charge in [-0.3, -0.25) is 0 Å². The molecule has 3 nitrogen and oxygen atoms in total. The van der Waals surface area contributed by atoms with Crippen LogP contribution in [0.1, 0.15) is 39.3 Å². The van der Waals surface area contributed by atoms with Crippen LogP contribution < -0.4 is 5.32 Å². The molecule has 0 fully saturated rings. The number of nitrogens with zero attached hydrogens (tertiary/aromatic N) is 2. The van der Waals surface area contributed by atoms with Crippen LogP contribution in [0, 0.1) is 5.41 Å². The minimum absolute atomic E-state index is 0.139. The van der Waals surface area contributed by atoms with Crippen molar-refractivity contribution in [3.8, 4) is 0 Å². The van der Waals surface area contributed by atoms with Crippen molar-refractivity contribution in [3.05, 3.63) is 53.6 Å². The lowest BCUT2D eigenvalue weighted by molar-refractivity contribution is 0.226. The van der Waals surface area contributed by atoms with Gasteiger partial charge in [-0.1, -0.05) is 50.6 Å². The standard InChI is InChI=1S/C17H24ClN3/c1-13(14-7-5-6-8-15(14)18)20-16(17(2,3)4)11-21-10-9-19-12-21/h5-10,12-13,16,20H,11H2,1-4H3. The molecular weight excluding hydrogens is 282 g/mol. The van der Waals surface area contributed by atoms with Gasteiger partial charge in [0.05, 0.1) is 6.33 Å². The summed E-state index contributed by atoms with van der Waals surface area (Å²) in [4.78, 5) is 4.12. The Labute approximate surface area is 132 Å². The summed E-state index contributed by atoms with van der Waals surface area (Å²) in [5.41, 5.74) is 1.28. The van der Waals surface area contributed by atoms with E-state index in [0.29, 0.717) is 6.04 Å². The van der Waals surface area contributed by atoms with E-state index in [1.165, 1.54) is 0 Å². The summed E-state index contributed by atoms with van der Waals surface area (Å²) in [5.74, 6) is 0. The van der Waals surface area contributed by atoms with Gasteiger partial charge in [-0.2, -0.15) is 0 Å². The highest BCUT2D eigenvalue weighted by Gasteiger charge is 2.26. The van der Waals surface area contributed by atoms with Crippen LogP contribution in [0.4, 0.5) is 0 Å². The molecule has 0 saturated carbocycles. The van der Waals surface area contributed by atoms with Crippen LogP contribution in [0.5, 0.6) is 0 Å². The Morgan fingerprint density at radius 1 is 1.29 bits per heavy atom. The highest BCUT2D eigenvalue weighted by atomic mass is 35.5. The molecule has 0 spiro atoms. The van der Waals surface area contributed by atoms with E-state index in [4.69, 9.17) is 11.6 Å². The van der Waals surface area contributed by atoms with E-state index < -0.39 is 0 Å². The Morgan fingerprint density at radius 2 is 2.00 bits per heavy atom. The fraction of sp³-hybridized carbons (Fsp3) is 0.471. The molecule has 1 aromatic heterocycles.